The number of ether oxygens (including phenoxy) is 1. The van der Waals surface area contributed by atoms with Crippen molar-refractivity contribution in [1.29, 1.82) is 0 Å². The fourth-order valence-electron chi connectivity index (χ4n) is 2.74. The number of fused-ring (bicyclic) bond motifs is 3. The second-order valence-electron chi connectivity index (χ2n) is 5.66. The maximum absolute atomic E-state index is 12.5. The Bertz CT molecular complexity index is 757. The van der Waals surface area contributed by atoms with Crippen LogP contribution in [0.2, 0.25) is 0 Å². The van der Waals surface area contributed by atoms with Crippen LogP contribution in [-0.4, -0.2) is 54.3 Å². The van der Waals surface area contributed by atoms with Gasteiger partial charge in [0.05, 0.1) is 17.6 Å². The lowest BCUT2D eigenvalue weighted by Crippen LogP contribution is -2.50. The third-order valence-electron chi connectivity index (χ3n) is 4.01. The van der Waals surface area contributed by atoms with Crippen LogP contribution in [-0.2, 0) is 16.1 Å². The minimum absolute atomic E-state index is 0.243. The fourth-order valence-corrected chi connectivity index (χ4v) is 2.74. The summed E-state index contributed by atoms with van der Waals surface area (Å²) < 4.78 is 6.89. The topological polar surface area (TPSA) is 88.5 Å². The number of carbonyl (C=O) groups is 2. The van der Waals surface area contributed by atoms with Crippen LogP contribution < -0.4 is 15.5 Å². The van der Waals surface area contributed by atoms with Gasteiger partial charge in [-0.2, -0.15) is 0 Å². The number of aromatic nitrogens is 2. The van der Waals surface area contributed by atoms with E-state index in [2.05, 4.69) is 15.6 Å². The van der Waals surface area contributed by atoms with Crippen LogP contribution in [0.15, 0.2) is 24.3 Å². The minimum atomic E-state index is -0.632. The van der Waals surface area contributed by atoms with Gasteiger partial charge in [0.1, 0.15) is 6.04 Å². The highest BCUT2D eigenvalue weighted by Crippen LogP contribution is 2.26. The first-order chi connectivity index (χ1) is 11.6. The minimum Gasteiger partial charge on any atom is -0.383 e. The van der Waals surface area contributed by atoms with E-state index in [0.29, 0.717) is 32.2 Å². The third kappa shape index (κ3) is 3.05. The summed E-state index contributed by atoms with van der Waals surface area (Å²) >= 11 is 0. The number of rotatable bonds is 5. The number of urea groups is 1. The Labute approximate surface area is 139 Å². The molecule has 0 aliphatic carbocycles. The van der Waals surface area contributed by atoms with Gasteiger partial charge in [-0.25, -0.2) is 9.78 Å². The molecule has 1 aliphatic heterocycles. The molecule has 1 aromatic carbocycles. The van der Waals surface area contributed by atoms with Crippen molar-refractivity contribution in [2.75, 3.05) is 31.7 Å². The van der Waals surface area contributed by atoms with Crippen LogP contribution in [0.25, 0.3) is 11.0 Å². The van der Waals surface area contributed by atoms with Crippen molar-refractivity contribution in [3.05, 3.63) is 24.3 Å². The summed E-state index contributed by atoms with van der Waals surface area (Å²) in [5.74, 6) is 0.369. The average molecular weight is 331 g/mol. The maximum Gasteiger partial charge on any atom is 0.324 e. The predicted molar refractivity (Wildman–Crippen MR) is 90.0 cm³/mol. The summed E-state index contributed by atoms with van der Waals surface area (Å²) in [7, 11) is 1.57. The van der Waals surface area contributed by atoms with E-state index in [1.54, 1.807) is 18.9 Å². The van der Waals surface area contributed by atoms with E-state index in [0.717, 1.165) is 11.0 Å². The smallest absolute Gasteiger partial charge is 0.324 e. The number of methoxy groups -OCH3 is 1. The normalized spacial score (nSPS) is 14.5. The van der Waals surface area contributed by atoms with Crippen LogP contribution in [0.4, 0.5) is 10.7 Å². The lowest BCUT2D eigenvalue weighted by molar-refractivity contribution is -0.122. The molecule has 1 atom stereocenters. The Morgan fingerprint density at radius 2 is 2.12 bits per heavy atom. The molecule has 0 radical (unpaired) electrons. The highest BCUT2D eigenvalue weighted by atomic mass is 16.5. The summed E-state index contributed by atoms with van der Waals surface area (Å²) in [6.45, 7) is 3.73. The van der Waals surface area contributed by atoms with Crippen LogP contribution in [0.5, 0.6) is 0 Å². The van der Waals surface area contributed by atoms with E-state index in [1.807, 2.05) is 28.8 Å². The summed E-state index contributed by atoms with van der Waals surface area (Å²) in [6.07, 6.45) is 0. The van der Waals surface area contributed by atoms with Gasteiger partial charge in [0.25, 0.3) is 0 Å². The van der Waals surface area contributed by atoms with E-state index >= 15 is 0 Å². The van der Waals surface area contributed by atoms with E-state index < -0.39 is 6.04 Å². The molecule has 0 unspecified atom stereocenters. The van der Waals surface area contributed by atoms with Gasteiger partial charge in [0.2, 0.25) is 11.9 Å². The van der Waals surface area contributed by atoms with E-state index in [1.165, 1.54) is 0 Å². The summed E-state index contributed by atoms with van der Waals surface area (Å²) in [4.78, 5) is 30.5. The van der Waals surface area contributed by atoms with Crippen molar-refractivity contribution in [2.24, 2.45) is 0 Å². The average Bonchev–Trinajstić information content (AvgIpc) is 3.13. The number of para-hydroxylation sites is 2. The zero-order chi connectivity index (χ0) is 17.1. The third-order valence-corrected chi connectivity index (χ3v) is 4.01. The SMILES string of the molecule is COCCNC(=O)[C@H](C)NC(=O)N1CCn2c1nc1ccccc12. The van der Waals surface area contributed by atoms with Crippen molar-refractivity contribution in [1.82, 2.24) is 20.2 Å². The predicted octanol–water partition coefficient (Wildman–Crippen LogP) is 0.717. The highest BCUT2D eigenvalue weighted by Gasteiger charge is 2.29. The number of benzene rings is 1. The molecule has 0 spiro atoms. The number of hydrogen-bond acceptors (Lipinski definition) is 4. The molecule has 0 saturated carbocycles. The van der Waals surface area contributed by atoms with Crippen LogP contribution in [0, 0.1) is 0 Å². The second-order valence-corrected chi connectivity index (χ2v) is 5.66. The van der Waals surface area contributed by atoms with Gasteiger partial charge in [-0.05, 0) is 19.1 Å². The van der Waals surface area contributed by atoms with Gasteiger partial charge in [-0.15, -0.1) is 0 Å². The molecule has 0 saturated heterocycles. The Morgan fingerprint density at radius 3 is 2.92 bits per heavy atom. The molecule has 1 aliphatic rings. The quantitative estimate of drug-likeness (QED) is 0.790. The molecule has 24 heavy (non-hydrogen) atoms. The number of imidazole rings is 1. The number of hydrogen-bond donors (Lipinski definition) is 2. The molecule has 0 bridgehead atoms. The number of carbonyl (C=O) groups excluding carboxylic acids is 2. The number of anilines is 1. The zero-order valence-corrected chi connectivity index (χ0v) is 13.8. The van der Waals surface area contributed by atoms with E-state index in [-0.39, 0.29) is 11.9 Å². The van der Waals surface area contributed by atoms with Crippen molar-refractivity contribution < 1.29 is 14.3 Å². The summed E-state index contributed by atoms with van der Waals surface area (Å²) in [6, 6.07) is 6.82. The van der Waals surface area contributed by atoms with Gasteiger partial charge in [0, 0.05) is 26.7 Å². The van der Waals surface area contributed by atoms with Crippen LogP contribution in [0.1, 0.15) is 6.92 Å². The zero-order valence-electron chi connectivity index (χ0n) is 13.8. The van der Waals surface area contributed by atoms with Gasteiger partial charge in [-0.3, -0.25) is 9.69 Å². The summed E-state index contributed by atoms with van der Waals surface area (Å²) in [5.41, 5.74) is 1.86. The number of nitrogens with one attached hydrogen (secondary N) is 2. The van der Waals surface area contributed by atoms with Crippen LogP contribution >= 0.6 is 0 Å². The first-order valence-electron chi connectivity index (χ1n) is 7.91. The highest BCUT2D eigenvalue weighted by molar-refractivity contribution is 5.96. The Morgan fingerprint density at radius 1 is 1.33 bits per heavy atom. The monoisotopic (exact) mass is 331 g/mol. The molecule has 0 fully saturated rings. The molecule has 8 nitrogen and oxygen atoms in total. The fraction of sp³-hybridized carbons (Fsp3) is 0.438. The molecular weight excluding hydrogens is 310 g/mol. The maximum atomic E-state index is 12.5. The second kappa shape index (κ2) is 6.88. The molecule has 3 amide bonds. The Hall–Kier alpha value is -2.61. The molecule has 2 heterocycles. The van der Waals surface area contributed by atoms with Crippen LogP contribution in [0.3, 0.4) is 0 Å². The summed E-state index contributed by atoms with van der Waals surface area (Å²) in [5, 5.41) is 5.42. The molecule has 128 valence electrons. The molecule has 1 aromatic heterocycles. The number of amides is 3. The van der Waals surface area contributed by atoms with Gasteiger partial charge in [0.15, 0.2) is 0 Å². The Balaban J connectivity index is 1.66. The first-order valence-corrected chi connectivity index (χ1v) is 7.91. The molecular formula is C16H21N5O3. The van der Waals surface area contributed by atoms with Crippen molar-refractivity contribution >= 4 is 28.9 Å². The largest absolute Gasteiger partial charge is 0.383 e. The standard InChI is InChI=1S/C16H21N5O3/c1-11(14(22)17-7-10-24-2)18-16(23)21-9-8-20-13-6-4-3-5-12(13)19-15(20)21/h3-6,11H,7-10H2,1-2H3,(H,17,22)(H,18,23)/t11-/m0/s1. The van der Waals surface area contributed by atoms with Crippen molar-refractivity contribution in [3.63, 3.8) is 0 Å². The van der Waals surface area contributed by atoms with Crippen molar-refractivity contribution in [3.8, 4) is 0 Å². The van der Waals surface area contributed by atoms with E-state index in [9.17, 15) is 9.59 Å². The molecule has 8 heteroatoms. The molecule has 2 aromatic rings. The molecule has 3 rings (SSSR count). The first kappa shape index (κ1) is 16.3. The lowest BCUT2D eigenvalue weighted by Gasteiger charge is -2.19. The van der Waals surface area contributed by atoms with Gasteiger partial charge < -0.3 is 19.9 Å². The molecule has 2 N–H and O–H groups in total. The Kier molecular flexibility index (Phi) is 4.66. The van der Waals surface area contributed by atoms with Gasteiger partial charge >= 0.3 is 6.03 Å². The van der Waals surface area contributed by atoms with Crippen molar-refractivity contribution in [2.45, 2.75) is 19.5 Å². The number of nitrogens with zero attached hydrogens (tertiary/aromatic N) is 3. The van der Waals surface area contributed by atoms with Gasteiger partial charge in [-0.1, -0.05) is 12.1 Å². The lowest BCUT2D eigenvalue weighted by atomic mass is 10.3. The van der Waals surface area contributed by atoms with E-state index in [4.69, 9.17) is 4.74 Å².